The van der Waals surface area contributed by atoms with Crippen molar-refractivity contribution in [2.45, 2.75) is 64.4 Å². The molecule has 14 heteroatoms. The Hall–Kier alpha value is -5.88. The van der Waals surface area contributed by atoms with Crippen LogP contribution >= 0.6 is 8.00 Å². The number of carbonyl (C=O) groups is 4. The molecule has 5 rings (SSSR count). The van der Waals surface area contributed by atoms with E-state index in [4.69, 9.17) is 9.26 Å². The fourth-order valence-electron chi connectivity index (χ4n) is 5.90. The molecule has 0 aliphatic carbocycles. The molecular weight excluding hydrogens is 721 g/mol. The zero-order valence-electron chi connectivity index (χ0n) is 30.5. The van der Waals surface area contributed by atoms with Crippen LogP contribution in [0.5, 0.6) is 0 Å². The Morgan fingerprint density at radius 3 is 2.11 bits per heavy atom. The van der Waals surface area contributed by atoms with Crippen molar-refractivity contribution in [2.75, 3.05) is 0 Å². The number of carbonyl (C=O) groups excluding carboxylic acids is 3. The van der Waals surface area contributed by atoms with Gasteiger partial charge in [-0.1, -0.05) is 117 Å². The molecule has 0 fully saturated rings. The molecule has 55 heavy (non-hydrogen) atoms. The molecule has 3 amide bonds. The average Bonchev–Trinajstić information content (AvgIpc) is 3.69. The highest BCUT2D eigenvalue weighted by atomic mass is 31.1. The number of benzene rings is 4. The second-order valence-corrected chi connectivity index (χ2v) is 14.6. The highest BCUT2D eigenvalue weighted by Gasteiger charge is 2.32. The van der Waals surface area contributed by atoms with Crippen LogP contribution in [-0.4, -0.2) is 62.6 Å². The Labute approximate surface area is 320 Å². The van der Waals surface area contributed by atoms with E-state index in [9.17, 15) is 29.2 Å². The number of hydrogen-bond donors (Lipinski definition) is 5. The minimum Gasteiger partial charge on any atom is -0.602 e. The summed E-state index contributed by atoms with van der Waals surface area (Å²) in [4.78, 5) is 74.0. The van der Waals surface area contributed by atoms with Crippen molar-refractivity contribution in [2.24, 2.45) is 5.92 Å². The number of aromatic amines is 1. The molecule has 1 unspecified atom stereocenters. The van der Waals surface area contributed by atoms with Crippen LogP contribution in [0.25, 0.3) is 10.8 Å². The molecule has 5 N–H and O–H groups in total. The molecule has 0 aliphatic rings. The predicted molar refractivity (Wildman–Crippen MR) is 208 cm³/mol. The minimum atomic E-state index is -2.88. The van der Waals surface area contributed by atoms with E-state index in [1.807, 2.05) is 86.6 Å². The van der Waals surface area contributed by atoms with E-state index in [2.05, 4.69) is 25.9 Å². The van der Waals surface area contributed by atoms with E-state index >= 15 is 0 Å². The summed E-state index contributed by atoms with van der Waals surface area (Å²) in [5, 5.41) is 19.6. The number of aliphatic carboxylic acids is 1. The number of carboxylic acids is 1. The Bertz CT molecular complexity index is 2070. The number of fused-ring (bicyclic) bond motifs is 1. The summed E-state index contributed by atoms with van der Waals surface area (Å²) in [6.07, 6.45) is 1.10. The number of nitrogens with one attached hydrogen (secondary N) is 4. The quantitative estimate of drug-likeness (QED) is 0.0615. The zero-order valence-corrected chi connectivity index (χ0v) is 31.4. The molecular formula is C41H44N5O8P. The molecule has 1 heterocycles. The summed E-state index contributed by atoms with van der Waals surface area (Å²) in [5.41, 5.74) is 2.63. The Morgan fingerprint density at radius 1 is 0.800 bits per heavy atom. The number of ether oxygens (including phenoxy) is 1. The molecule has 0 saturated carbocycles. The summed E-state index contributed by atoms with van der Waals surface area (Å²) in [6, 6.07) is 28.7. The summed E-state index contributed by atoms with van der Waals surface area (Å²) >= 11 is 0. The van der Waals surface area contributed by atoms with Crippen molar-refractivity contribution in [1.29, 1.82) is 0 Å². The number of alkyl carbamates (subject to hydrolysis) is 1. The van der Waals surface area contributed by atoms with E-state index in [-0.39, 0.29) is 43.5 Å². The van der Waals surface area contributed by atoms with Crippen molar-refractivity contribution in [3.05, 3.63) is 138 Å². The van der Waals surface area contributed by atoms with Gasteiger partial charge in [0.05, 0.1) is 12.0 Å². The van der Waals surface area contributed by atoms with Gasteiger partial charge in [-0.2, -0.15) is 4.52 Å². The maximum atomic E-state index is 14.2. The number of aromatic nitrogens is 2. The van der Waals surface area contributed by atoms with Crippen molar-refractivity contribution in [1.82, 2.24) is 25.9 Å². The van der Waals surface area contributed by atoms with Gasteiger partial charge in [0.25, 0.3) is 0 Å². The largest absolute Gasteiger partial charge is 0.602 e. The summed E-state index contributed by atoms with van der Waals surface area (Å²) < 4.78 is 11.2. The molecule has 286 valence electrons. The number of imidazole rings is 1. The number of carboxylic acid groups (broad SMARTS) is 1. The van der Waals surface area contributed by atoms with E-state index in [1.165, 1.54) is 6.33 Å². The summed E-state index contributed by atoms with van der Waals surface area (Å²) in [5.74, 6) is -2.81. The van der Waals surface area contributed by atoms with Crippen LogP contribution in [0.1, 0.15) is 42.7 Å². The van der Waals surface area contributed by atoms with Gasteiger partial charge >= 0.3 is 12.1 Å². The van der Waals surface area contributed by atoms with Gasteiger partial charge < -0.3 is 35.7 Å². The standard InChI is InChI=1S/C41H44N5O8P/c1-27(2)20-37(54-55(52)36(40(49)50)21-28-12-5-3-6-13-28)46-39(48)35(23-32-24-42-26-43-32)44-38(47)34(45-41(51)53-25-29-14-7-4-8-15-29)22-31-18-11-17-30-16-9-10-19-33(30)31/h3-19,24,26-27,34-35,37H,20-23,25H2,1-2H3,(H,42,43)(H,44,47)(H,45,51)(H,46,48)(H,49,50)/t34-,35+,37+/m1/s1. The minimum absolute atomic E-state index is 0.0225. The van der Waals surface area contributed by atoms with Crippen LogP contribution in [-0.2, 0) is 49.5 Å². The van der Waals surface area contributed by atoms with Gasteiger partial charge in [-0.3, -0.25) is 9.59 Å². The van der Waals surface area contributed by atoms with Gasteiger partial charge in [-0.05, 0) is 39.8 Å². The number of nitrogens with zero attached hydrogens (tertiary/aromatic N) is 1. The number of H-pyrrole nitrogens is 1. The zero-order chi connectivity index (χ0) is 39.2. The molecule has 0 radical (unpaired) electrons. The molecule has 4 atom stereocenters. The Morgan fingerprint density at radius 2 is 1.44 bits per heavy atom. The first kappa shape index (κ1) is 40.3. The highest BCUT2D eigenvalue weighted by molar-refractivity contribution is 7.49. The molecule has 0 bridgehead atoms. The topological polar surface area (TPSA) is 195 Å². The van der Waals surface area contributed by atoms with Gasteiger partial charge in [0, 0.05) is 25.5 Å². The lowest BCUT2D eigenvalue weighted by Crippen LogP contribution is -2.56. The average molecular weight is 766 g/mol. The third-order valence-electron chi connectivity index (χ3n) is 8.62. The predicted octanol–water partition coefficient (Wildman–Crippen LogP) is 4.80. The van der Waals surface area contributed by atoms with Crippen molar-refractivity contribution in [3.63, 3.8) is 0 Å². The molecule has 0 saturated heterocycles. The first-order valence-electron chi connectivity index (χ1n) is 17.8. The van der Waals surface area contributed by atoms with Crippen molar-refractivity contribution < 1.29 is 38.4 Å². The fourth-order valence-corrected chi connectivity index (χ4v) is 6.87. The first-order chi connectivity index (χ1) is 26.5. The first-order valence-corrected chi connectivity index (χ1v) is 19.0. The number of rotatable bonds is 18. The van der Waals surface area contributed by atoms with Crippen LogP contribution in [0, 0.1) is 5.92 Å². The summed E-state index contributed by atoms with van der Waals surface area (Å²) in [6.45, 7) is 3.71. The van der Waals surface area contributed by atoms with Crippen LogP contribution in [0.2, 0.25) is 0 Å². The maximum Gasteiger partial charge on any atom is 0.408 e. The molecule has 0 aliphatic heterocycles. The van der Waals surface area contributed by atoms with Crippen LogP contribution in [0.15, 0.2) is 116 Å². The van der Waals surface area contributed by atoms with E-state index in [1.54, 1.807) is 36.5 Å². The smallest absolute Gasteiger partial charge is 0.408 e. The third kappa shape index (κ3) is 12.3. The van der Waals surface area contributed by atoms with E-state index < -0.39 is 50.2 Å². The molecule has 5 aromatic rings. The third-order valence-corrected chi connectivity index (χ3v) is 9.86. The number of amides is 3. The number of hydrogen-bond acceptors (Lipinski definition) is 8. The molecule has 13 nitrogen and oxygen atoms in total. The van der Waals surface area contributed by atoms with Crippen molar-refractivity contribution >= 4 is 47.9 Å². The van der Waals surface area contributed by atoms with Crippen LogP contribution in [0.4, 0.5) is 4.79 Å². The maximum absolute atomic E-state index is 14.2. The highest BCUT2D eigenvalue weighted by Crippen LogP contribution is 2.24. The van der Waals surface area contributed by atoms with Gasteiger partial charge in [0.1, 0.15) is 18.7 Å². The lowest BCUT2D eigenvalue weighted by atomic mass is 9.98. The van der Waals surface area contributed by atoms with Gasteiger partial charge in [-0.15, -0.1) is 0 Å². The molecule has 1 aromatic heterocycles. The Balaban J connectivity index is 1.38. The van der Waals surface area contributed by atoms with Crippen LogP contribution < -0.4 is 20.8 Å². The Kier molecular flexibility index (Phi) is 14.6. The second kappa shape index (κ2) is 20.0. The second-order valence-electron chi connectivity index (χ2n) is 13.3. The fraction of sp³-hybridized carbons (Fsp3) is 0.268. The summed E-state index contributed by atoms with van der Waals surface area (Å²) in [7, 11) is -2.88. The lowest BCUT2D eigenvalue weighted by Gasteiger charge is -2.25. The molecule has 4 aromatic carbocycles. The van der Waals surface area contributed by atoms with E-state index in [0.29, 0.717) is 11.3 Å². The normalized spacial score (nSPS) is 13.3. The SMILES string of the molecule is CC(C)C[C@@H](NC(=O)[C@H](Cc1c[nH]cn1)NC(=O)[C@@H](Cc1cccc2ccccc12)NC(=O)OCc1ccccc1)O/[P+]([O-])=C(\Cc1ccccc1)C(=O)O. The van der Waals surface area contributed by atoms with E-state index in [0.717, 1.165) is 21.9 Å². The van der Waals surface area contributed by atoms with Crippen LogP contribution in [0.3, 0.4) is 0 Å². The molecule has 0 spiro atoms. The lowest BCUT2D eigenvalue weighted by molar-refractivity contribution is -0.177. The van der Waals surface area contributed by atoms with Gasteiger partial charge in [-0.25, -0.2) is 14.6 Å². The van der Waals surface area contributed by atoms with Gasteiger partial charge in [0.2, 0.25) is 25.1 Å². The van der Waals surface area contributed by atoms with Crippen molar-refractivity contribution in [3.8, 4) is 0 Å². The van der Waals surface area contributed by atoms with Gasteiger partial charge in [0.15, 0.2) is 6.23 Å². The monoisotopic (exact) mass is 765 g/mol.